The molecule has 38 heavy (non-hydrogen) atoms. The number of carboxylic acids is 1. The summed E-state index contributed by atoms with van der Waals surface area (Å²) in [5, 5.41) is 25.2. The number of nitrogens with zero attached hydrogens (tertiary/aromatic N) is 6. The van der Waals surface area contributed by atoms with Gasteiger partial charge in [-0.05, 0) is 67.5 Å². The van der Waals surface area contributed by atoms with Crippen LogP contribution in [0.3, 0.4) is 0 Å². The number of carbonyl (C=O) groups is 1. The summed E-state index contributed by atoms with van der Waals surface area (Å²) >= 11 is 0. The second-order valence-corrected chi connectivity index (χ2v) is 10.3. The van der Waals surface area contributed by atoms with Crippen LogP contribution in [0.15, 0.2) is 42.6 Å². The van der Waals surface area contributed by atoms with Gasteiger partial charge in [0.05, 0.1) is 22.8 Å². The summed E-state index contributed by atoms with van der Waals surface area (Å²) in [7, 11) is 0. The Morgan fingerprint density at radius 3 is 2.55 bits per heavy atom. The SMILES string of the molecule is CCc1c(C(=O)O)nc2c(c(C(C)C)nn2-c2cccc(C)c2)c1-c1ccc(N2CCC(C#N)CC2)nc1. The van der Waals surface area contributed by atoms with Crippen molar-refractivity contribution in [2.24, 2.45) is 5.92 Å². The molecule has 0 spiro atoms. The average molecular weight is 509 g/mol. The third-order valence-corrected chi connectivity index (χ3v) is 7.33. The van der Waals surface area contributed by atoms with E-state index in [1.807, 2.05) is 56.4 Å². The number of aromatic carboxylic acids is 1. The third kappa shape index (κ3) is 4.49. The van der Waals surface area contributed by atoms with E-state index in [1.54, 1.807) is 4.68 Å². The molecule has 1 aliphatic rings. The van der Waals surface area contributed by atoms with Crippen molar-refractivity contribution in [1.82, 2.24) is 19.7 Å². The first-order valence-electron chi connectivity index (χ1n) is 13.2. The van der Waals surface area contributed by atoms with Gasteiger partial charge in [0.1, 0.15) is 5.82 Å². The Morgan fingerprint density at radius 1 is 1.21 bits per heavy atom. The van der Waals surface area contributed by atoms with Crippen LogP contribution < -0.4 is 4.90 Å². The standard InChI is InChI=1S/C30H32N6O2/c1-5-23-25(21-9-10-24(32-17-21)35-13-11-20(16-31)12-14-35)26-27(18(2)3)34-36(22-8-6-7-19(4)15-22)29(26)33-28(23)30(37)38/h6-10,15,17-18,20H,5,11-14H2,1-4H3,(H,37,38). The highest BCUT2D eigenvalue weighted by Crippen LogP contribution is 2.39. The summed E-state index contributed by atoms with van der Waals surface area (Å²) in [6, 6.07) is 14.4. The molecule has 0 atom stereocenters. The molecule has 1 fully saturated rings. The molecule has 4 aromatic rings. The lowest BCUT2D eigenvalue weighted by Crippen LogP contribution is -2.33. The number of rotatable bonds is 6. The minimum absolute atomic E-state index is 0.0433. The number of fused-ring (bicyclic) bond motifs is 1. The van der Waals surface area contributed by atoms with Crippen molar-refractivity contribution in [2.45, 2.75) is 52.9 Å². The lowest BCUT2D eigenvalue weighted by Gasteiger charge is -2.30. The van der Waals surface area contributed by atoms with Crippen LogP contribution in [0, 0.1) is 24.2 Å². The second-order valence-electron chi connectivity index (χ2n) is 10.3. The van der Waals surface area contributed by atoms with Crippen molar-refractivity contribution < 1.29 is 9.90 Å². The van der Waals surface area contributed by atoms with Crippen LogP contribution in [0.25, 0.3) is 27.8 Å². The molecule has 4 heterocycles. The maximum absolute atomic E-state index is 12.4. The molecule has 0 radical (unpaired) electrons. The fourth-order valence-electron chi connectivity index (χ4n) is 5.35. The number of pyridine rings is 2. The Labute approximate surface area is 222 Å². The molecule has 1 N–H and O–H groups in total. The van der Waals surface area contributed by atoms with E-state index in [9.17, 15) is 15.2 Å². The van der Waals surface area contributed by atoms with Crippen molar-refractivity contribution in [3.8, 4) is 22.9 Å². The van der Waals surface area contributed by atoms with E-state index in [1.165, 1.54) is 0 Å². The van der Waals surface area contributed by atoms with E-state index in [4.69, 9.17) is 15.1 Å². The zero-order valence-electron chi connectivity index (χ0n) is 22.3. The topological polar surface area (TPSA) is 108 Å². The van der Waals surface area contributed by atoms with E-state index < -0.39 is 5.97 Å². The predicted octanol–water partition coefficient (Wildman–Crippen LogP) is 5.91. The molecule has 1 aromatic carbocycles. The normalized spacial score (nSPS) is 14.3. The quantitative estimate of drug-likeness (QED) is 0.345. The summed E-state index contributed by atoms with van der Waals surface area (Å²) in [6.45, 7) is 9.76. The van der Waals surface area contributed by atoms with E-state index in [2.05, 4.69) is 24.8 Å². The number of nitriles is 1. The fourth-order valence-corrected chi connectivity index (χ4v) is 5.35. The molecule has 8 heteroatoms. The lowest BCUT2D eigenvalue weighted by atomic mass is 9.92. The molecular weight excluding hydrogens is 476 g/mol. The molecular formula is C30H32N6O2. The number of carboxylic acid groups (broad SMARTS) is 1. The van der Waals surface area contributed by atoms with Crippen molar-refractivity contribution >= 4 is 22.8 Å². The van der Waals surface area contributed by atoms with Gasteiger partial charge in [-0.1, -0.05) is 32.9 Å². The number of hydrogen-bond acceptors (Lipinski definition) is 6. The predicted molar refractivity (Wildman–Crippen MR) is 148 cm³/mol. The Hall–Kier alpha value is -4.25. The zero-order chi connectivity index (χ0) is 27.0. The van der Waals surface area contributed by atoms with E-state index in [0.717, 1.165) is 65.2 Å². The number of piperidine rings is 1. The van der Waals surface area contributed by atoms with Gasteiger partial charge in [-0.15, -0.1) is 0 Å². The fraction of sp³-hybridized carbons (Fsp3) is 0.367. The highest BCUT2D eigenvalue weighted by atomic mass is 16.4. The summed E-state index contributed by atoms with van der Waals surface area (Å²) in [5.74, 6) is 0.0132. The molecule has 1 saturated heterocycles. The van der Waals surface area contributed by atoms with Crippen LogP contribution in [-0.4, -0.2) is 43.9 Å². The zero-order valence-corrected chi connectivity index (χ0v) is 22.3. The molecule has 0 bridgehead atoms. The summed E-state index contributed by atoms with van der Waals surface area (Å²) < 4.78 is 1.77. The molecule has 0 aliphatic carbocycles. The summed E-state index contributed by atoms with van der Waals surface area (Å²) in [6.07, 6.45) is 4.02. The van der Waals surface area contributed by atoms with Crippen LogP contribution in [0.2, 0.25) is 0 Å². The third-order valence-electron chi connectivity index (χ3n) is 7.33. The van der Waals surface area contributed by atoms with Crippen molar-refractivity contribution in [3.05, 3.63) is 65.1 Å². The number of benzene rings is 1. The molecule has 5 rings (SSSR count). The van der Waals surface area contributed by atoms with Gasteiger partial charge in [-0.25, -0.2) is 19.4 Å². The van der Waals surface area contributed by atoms with Crippen molar-refractivity contribution in [3.63, 3.8) is 0 Å². The maximum Gasteiger partial charge on any atom is 0.354 e. The first-order chi connectivity index (χ1) is 18.3. The van der Waals surface area contributed by atoms with E-state index >= 15 is 0 Å². The Bertz CT molecular complexity index is 1540. The van der Waals surface area contributed by atoms with Crippen LogP contribution in [-0.2, 0) is 6.42 Å². The number of anilines is 1. The van der Waals surface area contributed by atoms with Crippen LogP contribution in [0.5, 0.6) is 0 Å². The van der Waals surface area contributed by atoms with Gasteiger partial charge in [0.15, 0.2) is 11.3 Å². The van der Waals surface area contributed by atoms with Crippen molar-refractivity contribution in [1.29, 1.82) is 5.26 Å². The van der Waals surface area contributed by atoms with Crippen LogP contribution in [0.4, 0.5) is 5.82 Å². The minimum Gasteiger partial charge on any atom is -0.477 e. The highest BCUT2D eigenvalue weighted by Gasteiger charge is 2.27. The highest BCUT2D eigenvalue weighted by molar-refractivity contribution is 6.02. The Morgan fingerprint density at radius 2 is 1.97 bits per heavy atom. The number of aromatic nitrogens is 4. The molecule has 1 aliphatic heterocycles. The molecule has 194 valence electrons. The van der Waals surface area contributed by atoms with E-state index in [0.29, 0.717) is 17.6 Å². The van der Waals surface area contributed by atoms with Crippen LogP contribution >= 0.6 is 0 Å². The van der Waals surface area contributed by atoms with Crippen molar-refractivity contribution in [2.75, 3.05) is 18.0 Å². The molecule has 0 unspecified atom stereocenters. The van der Waals surface area contributed by atoms with Gasteiger partial charge < -0.3 is 10.0 Å². The summed E-state index contributed by atoms with van der Waals surface area (Å²) in [4.78, 5) is 24.1. The molecule has 3 aromatic heterocycles. The average Bonchev–Trinajstić information content (AvgIpc) is 3.32. The lowest BCUT2D eigenvalue weighted by molar-refractivity contribution is 0.0689. The largest absolute Gasteiger partial charge is 0.477 e. The second kappa shape index (κ2) is 10.3. The molecule has 0 saturated carbocycles. The van der Waals surface area contributed by atoms with Gasteiger partial charge in [0.25, 0.3) is 0 Å². The van der Waals surface area contributed by atoms with Gasteiger partial charge in [0, 0.05) is 36.3 Å². The number of hydrogen-bond donors (Lipinski definition) is 1. The first kappa shape index (κ1) is 25.4. The smallest absolute Gasteiger partial charge is 0.354 e. The Kier molecular flexibility index (Phi) is 6.85. The maximum atomic E-state index is 12.4. The van der Waals surface area contributed by atoms with Crippen LogP contribution in [0.1, 0.15) is 66.8 Å². The number of aryl methyl sites for hydroxylation is 1. The molecule has 0 amide bonds. The van der Waals surface area contributed by atoms with E-state index in [-0.39, 0.29) is 17.5 Å². The minimum atomic E-state index is -1.06. The summed E-state index contributed by atoms with van der Waals surface area (Å²) in [5.41, 5.74) is 5.74. The van der Waals surface area contributed by atoms with Gasteiger partial charge >= 0.3 is 5.97 Å². The van der Waals surface area contributed by atoms with Gasteiger partial charge in [0.2, 0.25) is 0 Å². The first-order valence-corrected chi connectivity index (χ1v) is 13.2. The Balaban J connectivity index is 1.72. The van der Waals surface area contributed by atoms with Gasteiger partial charge in [-0.3, -0.25) is 0 Å². The monoisotopic (exact) mass is 508 g/mol. The molecule has 8 nitrogen and oxygen atoms in total. The van der Waals surface area contributed by atoms with Gasteiger partial charge in [-0.2, -0.15) is 10.4 Å².